The Labute approximate surface area is 125 Å². The molecule has 2 heterocycles. The number of nitrogens with zero attached hydrogens (tertiary/aromatic N) is 3. The van der Waals surface area contributed by atoms with Gasteiger partial charge in [-0.1, -0.05) is 45.0 Å². The molecule has 3 rings (SSSR count). The number of hydrogen-bond acceptors (Lipinski definition) is 3. The number of fused-ring (bicyclic) bond motifs is 1. The van der Waals surface area contributed by atoms with Crippen LogP contribution in [0.5, 0.6) is 0 Å². The van der Waals surface area contributed by atoms with Crippen LogP contribution < -0.4 is 0 Å². The van der Waals surface area contributed by atoms with E-state index in [0.29, 0.717) is 5.82 Å². The molecule has 0 amide bonds. The third kappa shape index (κ3) is 3.24. The fraction of sp³-hybridized carbons (Fsp3) is 0.278. The second kappa shape index (κ2) is 5.24. The van der Waals surface area contributed by atoms with Crippen molar-refractivity contribution in [2.45, 2.75) is 27.2 Å². The summed E-state index contributed by atoms with van der Waals surface area (Å²) in [7, 11) is 0. The summed E-state index contributed by atoms with van der Waals surface area (Å²) in [4.78, 5) is 13.8. The van der Waals surface area contributed by atoms with Gasteiger partial charge in [-0.25, -0.2) is 15.0 Å². The maximum absolute atomic E-state index is 4.71. The molecule has 0 atom stereocenters. The van der Waals surface area contributed by atoms with Crippen LogP contribution in [-0.2, 0) is 6.42 Å². The van der Waals surface area contributed by atoms with Crippen molar-refractivity contribution in [2.75, 3.05) is 0 Å². The van der Waals surface area contributed by atoms with Gasteiger partial charge in [-0.15, -0.1) is 0 Å². The van der Waals surface area contributed by atoms with Gasteiger partial charge in [0.1, 0.15) is 5.69 Å². The van der Waals surface area contributed by atoms with E-state index >= 15 is 0 Å². The van der Waals surface area contributed by atoms with Gasteiger partial charge in [0.2, 0.25) is 0 Å². The largest absolute Gasteiger partial charge is 0.249 e. The first kappa shape index (κ1) is 13.7. The van der Waals surface area contributed by atoms with Crippen molar-refractivity contribution in [3.05, 3.63) is 54.4 Å². The van der Waals surface area contributed by atoms with Gasteiger partial charge in [0, 0.05) is 17.3 Å². The highest BCUT2D eigenvalue weighted by molar-refractivity contribution is 5.78. The highest BCUT2D eigenvalue weighted by atomic mass is 14.9. The minimum atomic E-state index is 0.218. The number of pyridine rings is 1. The molecule has 1 aromatic carbocycles. The van der Waals surface area contributed by atoms with E-state index in [9.17, 15) is 0 Å². The van der Waals surface area contributed by atoms with Crippen molar-refractivity contribution in [2.24, 2.45) is 5.41 Å². The molecule has 106 valence electrons. The highest BCUT2D eigenvalue weighted by Gasteiger charge is 2.13. The Bertz CT molecular complexity index is 773. The third-order valence-corrected chi connectivity index (χ3v) is 3.24. The first-order valence-corrected chi connectivity index (χ1v) is 7.19. The molecule has 0 N–H and O–H groups in total. The summed E-state index contributed by atoms with van der Waals surface area (Å²) in [5, 5.41) is 1.05. The highest BCUT2D eigenvalue weighted by Crippen LogP contribution is 2.22. The van der Waals surface area contributed by atoms with Gasteiger partial charge in [0.15, 0.2) is 5.82 Å². The summed E-state index contributed by atoms with van der Waals surface area (Å²) >= 11 is 0. The van der Waals surface area contributed by atoms with E-state index in [4.69, 9.17) is 4.98 Å². The number of benzene rings is 1. The van der Waals surface area contributed by atoms with Gasteiger partial charge < -0.3 is 0 Å². The van der Waals surface area contributed by atoms with Gasteiger partial charge in [-0.05, 0) is 30.0 Å². The van der Waals surface area contributed by atoms with Crippen LogP contribution >= 0.6 is 0 Å². The zero-order chi connectivity index (χ0) is 14.9. The predicted molar refractivity (Wildman–Crippen MR) is 85.9 cm³/mol. The van der Waals surface area contributed by atoms with E-state index in [1.54, 1.807) is 0 Å². The standard InChI is InChI=1S/C18H19N3/c1-18(2,3)11-14-8-6-10-16(20-14)17-19-12-13-7-4-5-9-15(13)21-17/h4-10,12H,11H2,1-3H3. The lowest BCUT2D eigenvalue weighted by Crippen LogP contribution is -2.10. The van der Waals surface area contributed by atoms with Crippen LogP contribution in [0.25, 0.3) is 22.4 Å². The van der Waals surface area contributed by atoms with Crippen LogP contribution in [-0.4, -0.2) is 15.0 Å². The van der Waals surface area contributed by atoms with Crippen LogP contribution in [0.3, 0.4) is 0 Å². The lowest BCUT2D eigenvalue weighted by Gasteiger charge is -2.17. The average molecular weight is 277 g/mol. The van der Waals surface area contributed by atoms with Gasteiger partial charge in [0.25, 0.3) is 0 Å². The summed E-state index contributed by atoms with van der Waals surface area (Å²) < 4.78 is 0. The molecule has 3 aromatic rings. The monoisotopic (exact) mass is 277 g/mol. The van der Waals surface area contributed by atoms with Crippen molar-refractivity contribution >= 4 is 10.9 Å². The molecule has 3 heteroatoms. The van der Waals surface area contributed by atoms with E-state index in [-0.39, 0.29) is 5.41 Å². The van der Waals surface area contributed by atoms with Crippen LogP contribution in [0.2, 0.25) is 0 Å². The molecule has 2 aromatic heterocycles. The summed E-state index contributed by atoms with van der Waals surface area (Å²) in [5.41, 5.74) is 3.08. The van der Waals surface area contributed by atoms with Gasteiger partial charge in [0.05, 0.1) is 5.52 Å². The first-order chi connectivity index (χ1) is 10.0. The molecule has 0 bridgehead atoms. The summed E-state index contributed by atoms with van der Waals surface area (Å²) in [6.07, 6.45) is 2.80. The van der Waals surface area contributed by atoms with Gasteiger partial charge in [-0.2, -0.15) is 0 Å². The Kier molecular flexibility index (Phi) is 3.42. The molecule has 0 fully saturated rings. The van der Waals surface area contributed by atoms with Crippen LogP contribution in [0.4, 0.5) is 0 Å². The van der Waals surface area contributed by atoms with E-state index in [0.717, 1.165) is 28.7 Å². The fourth-order valence-electron chi connectivity index (χ4n) is 2.34. The minimum absolute atomic E-state index is 0.218. The predicted octanol–water partition coefficient (Wildman–Crippen LogP) is 4.28. The number of aromatic nitrogens is 3. The van der Waals surface area contributed by atoms with Gasteiger partial charge in [-0.3, -0.25) is 0 Å². The van der Waals surface area contributed by atoms with Crippen molar-refractivity contribution in [1.29, 1.82) is 0 Å². The van der Waals surface area contributed by atoms with Crippen LogP contribution in [0, 0.1) is 5.41 Å². The molecule has 0 saturated carbocycles. The van der Waals surface area contributed by atoms with E-state index in [1.807, 2.05) is 42.6 Å². The zero-order valence-corrected chi connectivity index (χ0v) is 12.7. The first-order valence-electron chi connectivity index (χ1n) is 7.19. The molecule has 0 unspecified atom stereocenters. The average Bonchev–Trinajstić information content (AvgIpc) is 2.45. The van der Waals surface area contributed by atoms with Crippen molar-refractivity contribution in [3.63, 3.8) is 0 Å². The van der Waals surface area contributed by atoms with E-state index in [2.05, 4.69) is 36.8 Å². The Morgan fingerprint density at radius 1 is 0.905 bits per heavy atom. The van der Waals surface area contributed by atoms with E-state index in [1.165, 1.54) is 0 Å². The smallest absolute Gasteiger partial charge is 0.178 e. The molecule has 3 nitrogen and oxygen atoms in total. The summed E-state index contributed by atoms with van der Waals surface area (Å²) in [5.74, 6) is 0.685. The van der Waals surface area contributed by atoms with Crippen molar-refractivity contribution < 1.29 is 0 Å². The Balaban J connectivity index is 2.00. The molecule has 0 radical (unpaired) electrons. The lowest BCUT2D eigenvalue weighted by atomic mass is 9.90. The summed E-state index contributed by atoms with van der Waals surface area (Å²) in [6, 6.07) is 14.1. The van der Waals surface area contributed by atoms with Gasteiger partial charge >= 0.3 is 0 Å². The molecule has 0 aliphatic rings. The Morgan fingerprint density at radius 2 is 1.71 bits per heavy atom. The van der Waals surface area contributed by atoms with Crippen LogP contribution in [0.15, 0.2) is 48.7 Å². The normalized spacial score (nSPS) is 11.8. The van der Waals surface area contributed by atoms with Crippen LogP contribution in [0.1, 0.15) is 26.5 Å². The molecule has 0 aliphatic heterocycles. The molecule has 0 aliphatic carbocycles. The second-order valence-electron chi connectivity index (χ2n) is 6.50. The van der Waals surface area contributed by atoms with E-state index < -0.39 is 0 Å². The molecule has 21 heavy (non-hydrogen) atoms. The quantitative estimate of drug-likeness (QED) is 0.701. The lowest BCUT2D eigenvalue weighted by molar-refractivity contribution is 0.406. The summed E-state index contributed by atoms with van der Waals surface area (Å²) in [6.45, 7) is 6.65. The second-order valence-corrected chi connectivity index (χ2v) is 6.50. The molecular weight excluding hydrogens is 258 g/mol. The van der Waals surface area contributed by atoms with Crippen molar-refractivity contribution in [3.8, 4) is 11.5 Å². The topological polar surface area (TPSA) is 38.7 Å². The third-order valence-electron chi connectivity index (χ3n) is 3.24. The van der Waals surface area contributed by atoms with Crippen molar-refractivity contribution in [1.82, 2.24) is 15.0 Å². The SMILES string of the molecule is CC(C)(C)Cc1cccc(-c2ncc3ccccc3n2)n1. The number of para-hydroxylation sites is 1. The Hall–Kier alpha value is -2.29. The molecule has 0 saturated heterocycles. The zero-order valence-electron chi connectivity index (χ0n) is 12.7. The molecule has 0 spiro atoms. The number of rotatable bonds is 2. The number of hydrogen-bond donors (Lipinski definition) is 0. The minimum Gasteiger partial charge on any atom is -0.249 e. The molecular formula is C18H19N3. The Morgan fingerprint density at radius 3 is 2.52 bits per heavy atom. The maximum Gasteiger partial charge on any atom is 0.178 e. The maximum atomic E-state index is 4.71. The fourth-order valence-corrected chi connectivity index (χ4v) is 2.34.